The number of amides is 3. The third kappa shape index (κ3) is 4.82. The van der Waals surface area contributed by atoms with E-state index in [1.54, 1.807) is 23.5 Å². The van der Waals surface area contributed by atoms with Crippen molar-refractivity contribution in [3.63, 3.8) is 0 Å². The van der Waals surface area contributed by atoms with Crippen LogP contribution >= 0.6 is 22.7 Å². The summed E-state index contributed by atoms with van der Waals surface area (Å²) >= 11 is 2.98. The molecule has 0 aliphatic carbocycles. The molecule has 0 aromatic carbocycles. The monoisotopic (exact) mass is 443 g/mol. The first-order valence-corrected chi connectivity index (χ1v) is 12.0. The van der Waals surface area contributed by atoms with E-state index in [-0.39, 0.29) is 29.7 Å². The van der Waals surface area contributed by atoms with Gasteiger partial charge >= 0.3 is 0 Å². The SMILES string of the molecule is O=C(NCC(=O)N1CCC2(CCN(C(=O)C=Cc3ccsc3)CC2)C1)c1cccs1. The standard InChI is InChI=1S/C22H25N3O3S2/c26-19(4-3-17-5-13-29-15-17)24-9-6-22(7-10-24)8-11-25(16-22)20(27)14-23-21(28)18-2-1-12-30-18/h1-5,12-13,15H,6-11,14,16H2,(H,23,28). The number of nitrogens with one attached hydrogen (secondary N) is 1. The number of carbonyl (C=O) groups is 3. The summed E-state index contributed by atoms with van der Waals surface area (Å²) in [6.07, 6.45) is 6.31. The van der Waals surface area contributed by atoms with Gasteiger partial charge in [-0.2, -0.15) is 11.3 Å². The van der Waals surface area contributed by atoms with Gasteiger partial charge in [0.1, 0.15) is 0 Å². The fourth-order valence-corrected chi connectivity index (χ4v) is 5.43. The van der Waals surface area contributed by atoms with Gasteiger partial charge in [-0.25, -0.2) is 0 Å². The molecule has 4 rings (SSSR count). The van der Waals surface area contributed by atoms with Crippen molar-refractivity contribution in [1.82, 2.24) is 15.1 Å². The van der Waals surface area contributed by atoms with Gasteiger partial charge in [-0.05, 0) is 64.6 Å². The van der Waals surface area contributed by atoms with E-state index in [0.29, 0.717) is 11.4 Å². The Morgan fingerprint density at radius 1 is 1.07 bits per heavy atom. The van der Waals surface area contributed by atoms with Gasteiger partial charge in [-0.1, -0.05) is 6.07 Å². The van der Waals surface area contributed by atoms with E-state index in [0.717, 1.165) is 44.5 Å². The number of carbonyl (C=O) groups excluding carboxylic acids is 3. The zero-order chi connectivity index (χ0) is 21.0. The average Bonchev–Trinajstić information content (AvgIpc) is 3.53. The zero-order valence-corrected chi connectivity index (χ0v) is 18.3. The Hall–Kier alpha value is -2.45. The van der Waals surface area contributed by atoms with E-state index in [1.807, 2.05) is 44.1 Å². The van der Waals surface area contributed by atoms with Crippen molar-refractivity contribution in [3.8, 4) is 0 Å². The van der Waals surface area contributed by atoms with E-state index in [4.69, 9.17) is 0 Å². The number of thiophene rings is 2. The normalized spacial score (nSPS) is 18.3. The largest absolute Gasteiger partial charge is 0.342 e. The van der Waals surface area contributed by atoms with Crippen LogP contribution in [0.25, 0.3) is 6.08 Å². The van der Waals surface area contributed by atoms with E-state index < -0.39 is 0 Å². The molecule has 2 fully saturated rings. The quantitative estimate of drug-likeness (QED) is 0.722. The minimum atomic E-state index is -0.199. The molecule has 0 radical (unpaired) electrons. The fraction of sp³-hybridized carbons (Fsp3) is 0.409. The first-order chi connectivity index (χ1) is 14.5. The van der Waals surface area contributed by atoms with Crippen LogP contribution in [-0.2, 0) is 9.59 Å². The van der Waals surface area contributed by atoms with Crippen LogP contribution in [-0.4, -0.2) is 60.2 Å². The van der Waals surface area contributed by atoms with Gasteiger partial charge in [0.15, 0.2) is 0 Å². The van der Waals surface area contributed by atoms with Gasteiger partial charge < -0.3 is 15.1 Å². The molecule has 2 aliphatic heterocycles. The fourth-order valence-electron chi connectivity index (χ4n) is 4.16. The van der Waals surface area contributed by atoms with Gasteiger partial charge in [0, 0.05) is 32.3 Å². The lowest BCUT2D eigenvalue weighted by Crippen LogP contribution is -2.45. The van der Waals surface area contributed by atoms with Crippen LogP contribution in [0.3, 0.4) is 0 Å². The Morgan fingerprint density at radius 3 is 2.50 bits per heavy atom. The van der Waals surface area contributed by atoms with Crippen LogP contribution in [0.2, 0.25) is 0 Å². The second-order valence-electron chi connectivity index (χ2n) is 7.94. The van der Waals surface area contributed by atoms with Crippen molar-refractivity contribution < 1.29 is 14.4 Å². The van der Waals surface area contributed by atoms with Crippen LogP contribution in [0.4, 0.5) is 0 Å². The van der Waals surface area contributed by atoms with Crippen LogP contribution in [0.1, 0.15) is 34.5 Å². The molecule has 0 atom stereocenters. The van der Waals surface area contributed by atoms with Crippen molar-refractivity contribution in [2.45, 2.75) is 19.3 Å². The molecule has 2 aromatic heterocycles. The summed E-state index contributed by atoms with van der Waals surface area (Å²) in [6.45, 7) is 2.92. The third-order valence-electron chi connectivity index (χ3n) is 6.03. The molecule has 3 amide bonds. The molecule has 1 spiro atoms. The summed E-state index contributed by atoms with van der Waals surface area (Å²) in [4.78, 5) is 41.4. The molecule has 158 valence electrons. The molecule has 1 N–H and O–H groups in total. The summed E-state index contributed by atoms with van der Waals surface area (Å²) in [5, 5.41) is 8.58. The molecule has 0 unspecified atom stereocenters. The summed E-state index contributed by atoms with van der Waals surface area (Å²) in [5.41, 5.74) is 1.15. The van der Waals surface area contributed by atoms with Crippen molar-refractivity contribution in [3.05, 3.63) is 50.9 Å². The zero-order valence-electron chi connectivity index (χ0n) is 16.7. The molecule has 30 heavy (non-hydrogen) atoms. The Labute approximate surface area is 184 Å². The van der Waals surface area contributed by atoms with Crippen LogP contribution in [0, 0.1) is 5.41 Å². The van der Waals surface area contributed by atoms with Gasteiger partial charge in [-0.3, -0.25) is 14.4 Å². The third-order valence-corrected chi connectivity index (χ3v) is 7.60. The van der Waals surface area contributed by atoms with Crippen molar-refractivity contribution >= 4 is 46.5 Å². The van der Waals surface area contributed by atoms with E-state index >= 15 is 0 Å². The van der Waals surface area contributed by atoms with Gasteiger partial charge in [0.05, 0.1) is 11.4 Å². The lowest BCUT2D eigenvalue weighted by Gasteiger charge is -2.39. The second-order valence-corrected chi connectivity index (χ2v) is 9.67. The second kappa shape index (κ2) is 9.14. The molecule has 2 aliphatic rings. The number of likely N-dealkylation sites (tertiary alicyclic amines) is 2. The lowest BCUT2D eigenvalue weighted by atomic mass is 9.78. The Kier molecular flexibility index (Phi) is 6.34. The van der Waals surface area contributed by atoms with E-state index in [9.17, 15) is 14.4 Å². The predicted molar refractivity (Wildman–Crippen MR) is 119 cm³/mol. The van der Waals surface area contributed by atoms with Gasteiger partial charge in [0.2, 0.25) is 11.8 Å². The van der Waals surface area contributed by atoms with Crippen LogP contribution in [0.5, 0.6) is 0 Å². The van der Waals surface area contributed by atoms with E-state index in [2.05, 4.69) is 5.32 Å². The smallest absolute Gasteiger partial charge is 0.261 e. The summed E-state index contributed by atoms with van der Waals surface area (Å²) < 4.78 is 0. The van der Waals surface area contributed by atoms with Crippen molar-refractivity contribution in [2.75, 3.05) is 32.7 Å². The minimum Gasteiger partial charge on any atom is -0.342 e. The summed E-state index contributed by atoms with van der Waals surface area (Å²) in [5.74, 6) is -0.179. The first kappa shape index (κ1) is 20.8. The molecule has 2 saturated heterocycles. The maximum absolute atomic E-state index is 12.6. The molecule has 2 aromatic rings. The van der Waals surface area contributed by atoms with Crippen molar-refractivity contribution in [2.24, 2.45) is 5.41 Å². The number of rotatable bonds is 5. The molecular weight excluding hydrogens is 418 g/mol. The predicted octanol–water partition coefficient (Wildman–Crippen LogP) is 3.09. The Morgan fingerprint density at radius 2 is 1.83 bits per heavy atom. The molecule has 6 nitrogen and oxygen atoms in total. The Balaban J connectivity index is 1.23. The first-order valence-electron chi connectivity index (χ1n) is 10.1. The molecule has 0 saturated carbocycles. The molecule has 0 bridgehead atoms. The number of nitrogens with zero attached hydrogens (tertiary/aromatic N) is 2. The maximum atomic E-state index is 12.6. The average molecular weight is 444 g/mol. The highest BCUT2D eigenvalue weighted by Gasteiger charge is 2.42. The highest BCUT2D eigenvalue weighted by atomic mass is 32.1. The minimum absolute atomic E-state index is 0.0325. The van der Waals surface area contributed by atoms with Gasteiger partial charge in [-0.15, -0.1) is 11.3 Å². The summed E-state index contributed by atoms with van der Waals surface area (Å²) in [6, 6.07) is 5.56. The number of piperidine rings is 1. The number of hydrogen-bond acceptors (Lipinski definition) is 5. The molecular formula is C22H25N3O3S2. The summed E-state index contributed by atoms with van der Waals surface area (Å²) in [7, 11) is 0. The van der Waals surface area contributed by atoms with E-state index in [1.165, 1.54) is 11.3 Å². The Bertz CT molecular complexity index is 914. The van der Waals surface area contributed by atoms with Crippen LogP contribution < -0.4 is 5.32 Å². The lowest BCUT2D eigenvalue weighted by molar-refractivity contribution is -0.131. The maximum Gasteiger partial charge on any atom is 0.261 e. The van der Waals surface area contributed by atoms with Gasteiger partial charge in [0.25, 0.3) is 5.91 Å². The van der Waals surface area contributed by atoms with Crippen molar-refractivity contribution in [1.29, 1.82) is 0 Å². The molecule has 8 heteroatoms. The highest BCUT2D eigenvalue weighted by Crippen LogP contribution is 2.40. The van der Waals surface area contributed by atoms with Crippen LogP contribution in [0.15, 0.2) is 40.4 Å². The molecule has 4 heterocycles. The topological polar surface area (TPSA) is 69.7 Å². The number of hydrogen-bond donors (Lipinski definition) is 1. The highest BCUT2D eigenvalue weighted by molar-refractivity contribution is 7.12.